The van der Waals surface area contributed by atoms with E-state index in [1.165, 1.54) is 44.4 Å². The molecule has 1 heterocycles. The zero-order valence-corrected chi connectivity index (χ0v) is 20.3. The maximum atomic E-state index is 13.8. The third-order valence-corrected chi connectivity index (χ3v) is 7.48. The van der Waals surface area contributed by atoms with Crippen LogP contribution in [-0.2, 0) is 14.8 Å². The fraction of sp³-hybridized carbons (Fsp3) is 0.154. The van der Waals surface area contributed by atoms with Crippen molar-refractivity contribution >= 4 is 38.6 Å². The maximum absolute atomic E-state index is 13.8. The zero-order chi connectivity index (χ0) is 25.5. The molecule has 180 valence electrons. The van der Waals surface area contributed by atoms with E-state index in [0.29, 0.717) is 15.3 Å². The van der Waals surface area contributed by atoms with Gasteiger partial charge in [-0.25, -0.2) is 17.6 Å². The monoisotopic (exact) mass is 495 g/mol. The number of hydrogen-bond acceptors (Lipinski definition) is 6. The van der Waals surface area contributed by atoms with Gasteiger partial charge in [-0.3, -0.25) is 4.79 Å². The van der Waals surface area contributed by atoms with Gasteiger partial charge in [-0.1, -0.05) is 17.7 Å². The quantitative estimate of drug-likeness (QED) is 0.348. The van der Waals surface area contributed by atoms with Crippen LogP contribution in [0.25, 0.3) is 11.0 Å². The first-order valence-corrected chi connectivity index (χ1v) is 12.0. The van der Waals surface area contributed by atoms with Crippen molar-refractivity contribution in [1.29, 1.82) is 0 Å². The Morgan fingerprint density at radius 2 is 1.63 bits per heavy atom. The minimum absolute atomic E-state index is 0.0160. The van der Waals surface area contributed by atoms with E-state index >= 15 is 0 Å². The average Bonchev–Trinajstić information content (AvgIpc) is 3.13. The van der Waals surface area contributed by atoms with E-state index in [1.807, 2.05) is 6.92 Å². The molecule has 35 heavy (non-hydrogen) atoms. The molecule has 0 saturated heterocycles. The number of aryl methyl sites for hydroxylation is 3. The van der Waals surface area contributed by atoms with Crippen molar-refractivity contribution < 1.29 is 31.6 Å². The molecule has 0 atom stereocenters. The summed E-state index contributed by atoms with van der Waals surface area (Å²) in [7, 11) is -3.27. The summed E-state index contributed by atoms with van der Waals surface area (Å²) in [5, 5.41) is 0.291. The second kappa shape index (κ2) is 8.99. The molecule has 1 aromatic heterocycles. The number of methoxy groups -OCH3 is 1. The summed E-state index contributed by atoms with van der Waals surface area (Å²) in [4.78, 5) is 25.8. The molecule has 1 amide bonds. The second-order valence-corrected chi connectivity index (χ2v) is 9.81. The smallest absolute Gasteiger partial charge is 0.342 e. The van der Waals surface area contributed by atoms with Crippen molar-refractivity contribution in [2.45, 2.75) is 25.7 Å². The summed E-state index contributed by atoms with van der Waals surface area (Å²) in [6.07, 6.45) is 0. The highest BCUT2D eigenvalue weighted by atomic mass is 32.2. The number of furan rings is 1. The van der Waals surface area contributed by atoms with E-state index in [4.69, 9.17) is 9.15 Å². The SMILES string of the molecule is COC(=O)c1c(C)oc2ccc(N(C(=O)c3ccc(C)cc3)S(=O)(=O)c3ccc(F)cc3C)cc12. The molecule has 0 aliphatic carbocycles. The Morgan fingerprint density at radius 1 is 0.943 bits per heavy atom. The molecule has 7 nitrogen and oxygen atoms in total. The summed E-state index contributed by atoms with van der Waals surface area (Å²) in [5.74, 6) is -1.78. The Hall–Kier alpha value is -3.98. The zero-order valence-electron chi connectivity index (χ0n) is 19.5. The van der Waals surface area contributed by atoms with Gasteiger partial charge >= 0.3 is 5.97 Å². The van der Waals surface area contributed by atoms with Crippen molar-refractivity contribution in [3.63, 3.8) is 0 Å². The fourth-order valence-electron chi connectivity index (χ4n) is 3.87. The normalized spacial score (nSPS) is 11.5. The lowest BCUT2D eigenvalue weighted by Gasteiger charge is -2.24. The summed E-state index contributed by atoms with van der Waals surface area (Å²) in [6.45, 7) is 4.87. The van der Waals surface area contributed by atoms with Crippen molar-refractivity contribution in [3.8, 4) is 0 Å². The van der Waals surface area contributed by atoms with E-state index in [0.717, 1.165) is 23.8 Å². The largest absolute Gasteiger partial charge is 0.465 e. The molecule has 0 fully saturated rings. The Kier molecular flexibility index (Phi) is 6.21. The Bertz CT molecular complexity index is 1570. The Morgan fingerprint density at radius 3 is 2.26 bits per heavy atom. The van der Waals surface area contributed by atoms with Gasteiger partial charge in [-0.2, -0.15) is 4.31 Å². The lowest BCUT2D eigenvalue weighted by atomic mass is 10.1. The van der Waals surface area contributed by atoms with Gasteiger partial charge in [0.2, 0.25) is 0 Å². The molecule has 0 aliphatic heterocycles. The third kappa shape index (κ3) is 4.30. The van der Waals surface area contributed by atoms with Crippen LogP contribution in [0.2, 0.25) is 0 Å². The Balaban J connectivity index is 1.97. The molecule has 4 aromatic rings. The van der Waals surface area contributed by atoms with Crippen LogP contribution >= 0.6 is 0 Å². The van der Waals surface area contributed by atoms with Gasteiger partial charge in [0, 0.05) is 10.9 Å². The lowest BCUT2D eigenvalue weighted by molar-refractivity contribution is 0.0600. The van der Waals surface area contributed by atoms with Gasteiger partial charge in [0.1, 0.15) is 22.7 Å². The number of hydrogen-bond donors (Lipinski definition) is 0. The number of sulfonamides is 1. The molecule has 0 radical (unpaired) electrons. The summed E-state index contributed by atoms with van der Waals surface area (Å²) < 4.78 is 52.5. The van der Waals surface area contributed by atoms with Crippen LogP contribution in [0.1, 0.15) is 37.6 Å². The van der Waals surface area contributed by atoms with Gasteiger partial charge in [-0.05, 0) is 74.9 Å². The minimum atomic E-state index is -4.49. The molecule has 4 rings (SSSR count). The van der Waals surface area contributed by atoms with Gasteiger partial charge in [-0.15, -0.1) is 0 Å². The molecular formula is C26H22FNO6S. The fourth-order valence-corrected chi connectivity index (χ4v) is 5.49. The van der Waals surface area contributed by atoms with Crippen molar-refractivity contribution in [3.05, 3.63) is 94.5 Å². The van der Waals surface area contributed by atoms with E-state index in [1.54, 1.807) is 19.1 Å². The van der Waals surface area contributed by atoms with Gasteiger partial charge in [0.25, 0.3) is 15.9 Å². The number of halogens is 1. The number of rotatable bonds is 5. The van der Waals surface area contributed by atoms with Crippen LogP contribution in [0.5, 0.6) is 0 Å². The molecule has 3 aromatic carbocycles. The highest BCUT2D eigenvalue weighted by Crippen LogP contribution is 2.34. The minimum Gasteiger partial charge on any atom is -0.465 e. The van der Waals surface area contributed by atoms with Gasteiger partial charge < -0.3 is 9.15 Å². The molecule has 0 spiro atoms. The predicted molar refractivity (Wildman–Crippen MR) is 129 cm³/mol. The number of esters is 1. The maximum Gasteiger partial charge on any atom is 0.342 e. The van der Waals surface area contributed by atoms with Crippen LogP contribution in [0.4, 0.5) is 10.1 Å². The highest BCUT2D eigenvalue weighted by molar-refractivity contribution is 7.93. The van der Waals surface area contributed by atoms with Crippen LogP contribution in [0, 0.1) is 26.6 Å². The number of fused-ring (bicyclic) bond motifs is 1. The second-order valence-electron chi connectivity index (χ2n) is 8.06. The molecule has 0 aliphatic rings. The predicted octanol–water partition coefficient (Wildman–Crippen LogP) is 5.32. The summed E-state index contributed by atoms with van der Waals surface area (Å²) >= 11 is 0. The van der Waals surface area contributed by atoms with Crippen LogP contribution in [0.15, 0.2) is 70.0 Å². The number of nitrogens with zero attached hydrogens (tertiary/aromatic N) is 1. The number of carbonyl (C=O) groups is 2. The van der Waals surface area contributed by atoms with E-state index in [2.05, 4.69) is 0 Å². The Labute approximate surface area is 201 Å². The molecule has 0 N–H and O–H groups in total. The van der Waals surface area contributed by atoms with Crippen LogP contribution in [-0.4, -0.2) is 27.4 Å². The number of amides is 1. The first-order chi connectivity index (χ1) is 16.5. The van der Waals surface area contributed by atoms with Crippen LogP contribution in [0.3, 0.4) is 0 Å². The standard InChI is InChI=1S/C26H22FNO6S/c1-15-5-7-18(8-6-15)25(29)28(35(31,32)23-12-9-19(27)13-16(23)2)20-10-11-22-21(14-20)24(17(3)34-22)26(30)33-4/h5-14H,1-4H3. The molecule has 0 saturated carbocycles. The summed E-state index contributed by atoms with van der Waals surface area (Å²) in [5.41, 5.74) is 1.60. The van der Waals surface area contributed by atoms with Crippen molar-refractivity contribution in [1.82, 2.24) is 0 Å². The molecule has 0 unspecified atom stereocenters. The van der Waals surface area contributed by atoms with Crippen LogP contribution < -0.4 is 4.31 Å². The molecular weight excluding hydrogens is 473 g/mol. The van der Waals surface area contributed by atoms with Gasteiger partial charge in [0.05, 0.1) is 17.7 Å². The van der Waals surface area contributed by atoms with E-state index < -0.39 is 27.7 Å². The number of benzene rings is 3. The first kappa shape index (κ1) is 24.2. The van der Waals surface area contributed by atoms with E-state index in [9.17, 15) is 22.4 Å². The highest BCUT2D eigenvalue weighted by Gasteiger charge is 2.34. The van der Waals surface area contributed by atoms with Gasteiger partial charge in [0.15, 0.2) is 0 Å². The average molecular weight is 496 g/mol. The number of carbonyl (C=O) groups excluding carboxylic acids is 2. The molecule has 0 bridgehead atoms. The van der Waals surface area contributed by atoms with Crippen molar-refractivity contribution in [2.24, 2.45) is 0 Å². The number of ether oxygens (including phenoxy) is 1. The summed E-state index contributed by atoms with van der Waals surface area (Å²) in [6, 6.07) is 13.9. The third-order valence-electron chi connectivity index (χ3n) is 5.61. The topological polar surface area (TPSA) is 93.9 Å². The first-order valence-electron chi connectivity index (χ1n) is 10.6. The van der Waals surface area contributed by atoms with Crippen molar-refractivity contribution in [2.75, 3.05) is 11.4 Å². The molecule has 9 heteroatoms. The van der Waals surface area contributed by atoms with E-state index in [-0.39, 0.29) is 33.0 Å². The number of anilines is 1. The lowest BCUT2D eigenvalue weighted by Crippen LogP contribution is -2.37.